The lowest BCUT2D eigenvalue weighted by Crippen LogP contribution is -2.57. The molecule has 0 amide bonds. The maximum Gasteiger partial charge on any atom is 0.323 e. The van der Waals surface area contributed by atoms with Crippen LogP contribution in [0.1, 0.15) is 32.6 Å². The minimum absolute atomic E-state index is 0.338. The molecule has 0 aromatic carbocycles. The summed E-state index contributed by atoms with van der Waals surface area (Å²) in [4.78, 5) is 13.7. The lowest BCUT2D eigenvalue weighted by Gasteiger charge is -2.36. The third-order valence-electron chi connectivity index (χ3n) is 4.06. The van der Waals surface area contributed by atoms with E-state index in [2.05, 4.69) is 17.3 Å². The van der Waals surface area contributed by atoms with E-state index in [-0.39, 0.29) is 0 Å². The molecule has 1 saturated carbocycles. The number of nitrogens with zero attached hydrogens (tertiary/aromatic N) is 1. The van der Waals surface area contributed by atoms with Crippen LogP contribution in [-0.4, -0.2) is 47.7 Å². The van der Waals surface area contributed by atoms with E-state index >= 15 is 0 Å². The number of hydrogen-bond acceptors (Lipinski definition) is 3. The predicted molar refractivity (Wildman–Crippen MR) is 62.4 cm³/mol. The normalized spacial score (nSPS) is 27.6. The molecule has 2 N–H and O–H groups in total. The number of aliphatic carboxylic acids is 1. The van der Waals surface area contributed by atoms with E-state index in [0.717, 1.165) is 38.8 Å². The van der Waals surface area contributed by atoms with Crippen LogP contribution >= 0.6 is 0 Å². The first-order chi connectivity index (χ1) is 7.52. The third-order valence-corrected chi connectivity index (χ3v) is 4.06. The Morgan fingerprint density at radius 1 is 1.31 bits per heavy atom. The van der Waals surface area contributed by atoms with E-state index < -0.39 is 11.5 Å². The minimum Gasteiger partial charge on any atom is -0.480 e. The number of carbonyl (C=O) groups is 1. The van der Waals surface area contributed by atoms with Crippen LogP contribution in [0.2, 0.25) is 0 Å². The summed E-state index contributed by atoms with van der Waals surface area (Å²) in [7, 11) is 2.12. The van der Waals surface area contributed by atoms with Gasteiger partial charge in [-0.3, -0.25) is 10.1 Å². The van der Waals surface area contributed by atoms with E-state index in [9.17, 15) is 9.90 Å². The van der Waals surface area contributed by atoms with Gasteiger partial charge in [0.1, 0.15) is 5.54 Å². The number of carboxylic acids is 1. The molecule has 4 heteroatoms. The van der Waals surface area contributed by atoms with Gasteiger partial charge in [-0.1, -0.05) is 0 Å². The number of nitrogens with one attached hydrogen (secondary N) is 1. The molecule has 1 aliphatic heterocycles. The van der Waals surface area contributed by atoms with E-state index in [4.69, 9.17) is 0 Å². The number of hydrogen-bond donors (Lipinski definition) is 2. The van der Waals surface area contributed by atoms with Gasteiger partial charge in [0.05, 0.1) is 0 Å². The summed E-state index contributed by atoms with van der Waals surface area (Å²) in [6.07, 6.45) is 4.24. The average Bonchev–Trinajstić information content (AvgIpc) is 3.04. The predicted octanol–water partition coefficient (Wildman–Crippen LogP) is 0.923. The quantitative estimate of drug-likeness (QED) is 0.748. The van der Waals surface area contributed by atoms with Crippen molar-refractivity contribution in [1.29, 1.82) is 0 Å². The molecule has 92 valence electrons. The molecule has 0 bridgehead atoms. The van der Waals surface area contributed by atoms with E-state index in [1.165, 1.54) is 0 Å². The molecule has 4 nitrogen and oxygen atoms in total. The molecule has 16 heavy (non-hydrogen) atoms. The highest BCUT2D eigenvalue weighted by atomic mass is 16.4. The van der Waals surface area contributed by atoms with Crippen molar-refractivity contribution in [2.75, 3.05) is 20.1 Å². The van der Waals surface area contributed by atoms with Gasteiger partial charge in [-0.15, -0.1) is 0 Å². The van der Waals surface area contributed by atoms with Gasteiger partial charge >= 0.3 is 5.97 Å². The van der Waals surface area contributed by atoms with E-state index in [0.29, 0.717) is 12.0 Å². The third kappa shape index (κ3) is 2.38. The van der Waals surface area contributed by atoms with Crippen molar-refractivity contribution in [2.45, 2.75) is 44.2 Å². The van der Waals surface area contributed by atoms with Crippen molar-refractivity contribution < 1.29 is 9.90 Å². The average molecular weight is 226 g/mol. The molecule has 1 saturated heterocycles. The van der Waals surface area contributed by atoms with Crippen molar-refractivity contribution in [2.24, 2.45) is 5.92 Å². The van der Waals surface area contributed by atoms with Gasteiger partial charge in [0, 0.05) is 6.04 Å². The molecule has 1 heterocycles. The van der Waals surface area contributed by atoms with Crippen LogP contribution in [0.25, 0.3) is 0 Å². The van der Waals surface area contributed by atoms with Crippen molar-refractivity contribution in [3.05, 3.63) is 0 Å². The summed E-state index contributed by atoms with van der Waals surface area (Å²) in [6, 6.07) is 0.373. The fourth-order valence-corrected chi connectivity index (χ4v) is 2.59. The highest BCUT2D eigenvalue weighted by Gasteiger charge is 2.48. The zero-order chi connectivity index (χ0) is 11.8. The van der Waals surface area contributed by atoms with Crippen molar-refractivity contribution in [3.63, 3.8) is 0 Å². The molecule has 1 atom stereocenters. The van der Waals surface area contributed by atoms with E-state index in [1.807, 2.05) is 6.92 Å². The number of rotatable bonds is 4. The Morgan fingerprint density at radius 3 is 2.31 bits per heavy atom. The fraction of sp³-hybridized carbons (Fsp3) is 0.917. The zero-order valence-corrected chi connectivity index (χ0v) is 10.2. The molecule has 0 aromatic rings. The van der Waals surface area contributed by atoms with Gasteiger partial charge in [0.2, 0.25) is 0 Å². The Balaban J connectivity index is 1.93. The maximum atomic E-state index is 11.4. The van der Waals surface area contributed by atoms with Gasteiger partial charge in [0.15, 0.2) is 0 Å². The SMILES string of the molecule is CN1CCC(NC(C)(C(=O)O)C2CC2)CC1. The van der Waals surface area contributed by atoms with Crippen LogP contribution < -0.4 is 5.32 Å². The highest BCUT2D eigenvalue weighted by molar-refractivity contribution is 5.79. The Hall–Kier alpha value is -0.610. The smallest absolute Gasteiger partial charge is 0.323 e. The topological polar surface area (TPSA) is 52.6 Å². The minimum atomic E-state index is -0.694. The van der Waals surface area contributed by atoms with Crippen LogP contribution in [0.5, 0.6) is 0 Å². The van der Waals surface area contributed by atoms with E-state index in [1.54, 1.807) is 0 Å². The second-order valence-corrected chi connectivity index (χ2v) is 5.50. The van der Waals surface area contributed by atoms with Crippen molar-refractivity contribution >= 4 is 5.97 Å². The van der Waals surface area contributed by atoms with Gasteiger partial charge in [-0.05, 0) is 58.7 Å². The first kappa shape index (κ1) is 11.9. The Morgan fingerprint density at radius 2 is 1.88 bits per heavy atom. The lowest BCUT2D eigenvalue weighted by molar-refractivity contribution is -0.145. The van der Waals surface area contributed by atoms with Crippen LogP contribution in [0.15, 0.2) is 0 Å². The maximum absolute atomic E-state index is 11.4. The monoisotopic (exact) mass is 226 g/mol. The number of piperidine rings is 1. The van der Waals surface area contributed by atoms with Crippen LogP contribution in [-0.2, 0) is 4.79 Å². The molecular weight excluding hydrogens is 204 g/mol. The molecule has 0 aromatic heterocycles. The number of likely N-dealkylation sites (tertiary alicyclic amines) is 1. The summed E-state index contributed by atoms with van der Waals surface area (Å²) in [6.45, 7) is 3.99. The Labute approximate surface area is 97.0 Å². The molecule has 2 aliphatic rings. The molecule has 2 fully saturated rings. The summed E-state index contributed by atoms with van der Waals surface area (Å²) in [5.41, 5.74) is -0.694. The molecule has 0 radical (unpaired) electrons. The summed E-state index contributed by atoms with van der Waals surface area (Å²) in [5, 5.41) is 12.7. The standard InChI is InChI=1S/C12H22N2O2/c1-12(11(15)16,9-3-4-9)13-10-5-7-14(2)8-6-10/h9-10,13H,3-8H2,1-2H3,(H,15,16). The first-order valence-electron chi connectivity index (χ1n) is 6.22. The first-order valence-corrected chi connectivity index (χ1v) is 6.22. The van der Waals surface area contributed by atoms with Crippen molar-refractivity contribution in [1.82, 2.24) is 10.2 Å². The molecule has 0 spiro atoms. The van der Waals surface area contributed by atoms with Crippen LogP contribution in [0, 0.1) is 5.92 Å². The van der Waals surface area contributed by atoms with Gasteiger partial charge < -0.3 is 10.0 Å². The fourth-order valence-electron chi connectivity index (χ4n) is 2.59. The Kier molecular flexibility index (Phi) is 3.22. The van der Waals surface area contributed by atoms with Crippen LogP contribution in [0.4, 0.5) is 0 Å². The summed E-state index contributed by atoms with van der Waals surface area (Å²) in [5.74, 6) is -0.349. The second kappa shape index (κ2) is 4.34. The van der Waals surface area contributed by atoms with Gasteiger partial charge in [-0.25, -0.2) is 0 Å². The Bertz CT molecular complexity index is 270. The van der Waals surface area contributed by atoms with Crippen molar-refractivity contribution in [3.8, 4) is 0 Å². The molecule has 2 rings (SSSR count). The molecule has 1 aliphatic carbocycles. The van der Waals surface area contributed by atoms with Crippen LogP contribution in [0.3, 0.4) is 0 Å². The zero-order valence-electron chi connectivity index (χ0n) is 10.2. The van der Waals surface area contributed by atoms with Gasteiger partial charge in [0.25, 0.3) is 0 Å². The highest BCUT2D eigenvalue weighted by Crippen LogP contribution is 2.40. The van der Waals surface area contributed by atoms with Gasteiger partial charge in [-0.2, -0.15) is 0 Å². The second-order valence-electron chi connectivity index (χ2n) is 5.50. The lowest BCUT2D eigenvalue weighted by atomic mass is 9.92. The molecular formula is C12H22N2O2. The summed E-state index contributed by atoms with van der Waals surface area (Å²) < 4.78 is 0. The summed E-state index contributed by atoms with van der Waals surface area (Å²) >= 11 is 0. The number of carboxylic acid groups (broad SMARTS) is 1. The largest absolute Gasteiger partial charge is 0.480 e. The molecule has 1 unspecified atom stereocenters.